The van der Waals surface area contributed by atoms with Crippen molar-refractivity contribution in [3.05, 3.63) is 29.3 Å². The monoisotopic (exact) mass is 308 g/mol. The Bertz CT molecular complexity index is 535. The van der Waals surface area contributed by atoms with Crippen molar-refractivity contribution in [1.82, 2.24) is 5.32 Å². The number of benzene rings is 1. The standard InChI is InChI=1S/C16H24N2O4/c1-11-12(14(19)20)7-5-8-13(11)17-9-6-10-18-15(21)22-16(2,3)4/h5,7-8,17H,6,9-10H2,1-4H3,(H,18,21)(H,19,20). The minimum absolute atomic E-state index is 0.289. The van der Waals surface area contributed by atoms with Crippen LogP contribution in [-0.4, -0.2) is 35.9 Å². The smallest absolute Gasteiger partial charge is 0.407 e. The average Bonchev–Trinajstić information content (AvgIpc) is 2.37. The van der Waals surface area contributed by atoms with Crippen LogP contribution in [0.3, 0.4) is 0 Å². The maximum absolute atomic E-state index is 11.4. The van der Waals surface area contributed by atoms with Gasteiger partial charge in [0.25, 0.3) is 0 Å². The van der Waals surface area contributed by atoms with Gasteiger partial charge in [0.15, 0.2) is 0 Å². The van der Waals surface area contributed by atoms with E-state index in [2.05, 4.69) is 10.6 Å². The van der Waals surface area contributed by atoms with Crippen LogP contribution in [0.2, 0.25) is 0 Å². The number of carboxylic acids is 1. The van der Waals surface area contributed by atoms with Crippen molar-refractivity contribution >= 4 is 17.7 Å². The second kappa shape index (κ2) is 7.68. The van der Waals surface area contributed by atoms with Gasteiger partial charge in [-0.3, -0.25) is 0 Å². The molecule has 0 atom stereocenters. The zero-order valence-electron chi connectivity index (χ0n) is 13.5. The molecule has 1 aromatic carbocycles. The first-order chi connectivity index (χ1) is 10.2. The summed E-state index contributed by atoms with van der Waals surface area (Å²) in [5, 5.41) is 14.9. The molecule has 1 aromatic rings. The van der Waals surface area contributed by atoms with E-state index >= 15 is 0 Å². The summed E-state index contributed by atoms with van der Waals surface area (Å²) in [6.07, 6.45) is 0.271. The van der Waals surface area contributed by atoms with Gasteiger partial charge in [0, 0.05) is 18.8 Å². The molecule has 22 heavy (non-hydrogen) atoms. The van der Waals surface area contributed by atoms with Crippen molar-refractivity contribution in [2.75, 3.05) is 18.4 Å². The molecule has 1 rings (SSSR count). The third-order valence-corrected chi connectivity index (χ3v) is 2.90. The van der Waals surface area contributed by atoms with Gasteiger partial charge in [0.05, 0.1) is 5.56 Å². The molecule has 0 aliphatic heterocycles. The third-order valence-electron chi connectivity index (χ3n) is 2.90. The molecular weight excluding hydrogens is 284 g/mol. The van der Waals surface area contributed by atoms with Gasteiger partial charge in [-0.1, -0.05) is 6.07 Å². The second-order valence-electron chi connectivity index (χ2n) is 5.99. The van der Waals surface area contributed by atoms with Gasteiger partial charge in [-0.15, -0.1) is 0 Å². The lowest BCUT2D eigenvalue weighted by Gasteiger charge is -2.19. The summed E-state index contributed by atoms with van der Waals surface area (Å²) >= 11 is 0. The van der Waals surface area contributed by atoms with Gasteiger partial charge < -0.3 is 20.5 Å². The molecule has 122 valence electrons. The number of carbonyl (C=O) groups is 2. The summed E-state index contributed by atoms with van der Waals surface area (Å²) in [5.74, 6) is -0.937. The van der Waals surface area contributed by atoms with E-state index in [4.69, 9.17) is 9.84 Å². The van der Waals surface area contributed by atoms with E-state index in [-0.39, 0.29) is 5.56 Å². The van der Waals surface area contributed by atoms with E-state index in [1.165, 1.54) is 0 Å². The topological polar surface area (TPSA) is 87.7 Å². The average molecular weight is 308 g/mol. The molecule has 0 saturated heterocycles. The first-order valence-electron chi connectivity index (χ1n) is 7.24. The molecule has 0 aliphatic rings. The van der Waals surface area contributed by atoms with Crippen LogP contribution >= 0.6 is 0 Å². The van der Waals surface area contributed by atoms with Gasteiger partial charge in [-0.25, -0.2) is 9.59 Å². The molecule has 0 fully saturated rings. The molecule has 0 heterocycles. The summed E-state index contributed by atoms with van der Waals surface area (Å²) in [6.45, 7) is 8.31. The number of nitrogens with one attached hydrogen (secondary N) is 2. The highest BCUT2D eigenvalue weighted by Crippen LogP contribution is 2.18. The van der Waals surface area contributed by atoms with E-state index in [0.717, 1.165) is 5.69 Å². The van der Waals surface area contributed by atoms with Gasteiger partial charge in [-0.2, -0.15) is 0 Å². The Morgan fingerprint density at radius 3 is 2.50 bits per heavy atom. The van der Waals surface area contributed by atoms with E-state index < -0.39 is 17.7 Å². The molecule has 0 radical (unpaired) electrons. The Kier molecular flexibility index (Phi) is 6.22. The van der Waals surface area contributed by atoms with E-state index in [1.807, 2.05) is 26.8 Å². The van der Waals surface area contributed by atoms with Crippen LogP contribution in [0.1, 0.15) is 43.1 Å². The number of aromatic carboxylic acids is 1. The van der Waals surface area contributed by atoms with Crippen LogP contribution in [0.15, 0.2) is 18.2 Å². The number of hydrogen-bond acceptors (Lipinski definition) is 4. The lowest BCUT2D eigenvalue weighted by atomic mass is 10.1. The number of hydrogen-bond donors (Lipinski definition) is 3. The summed E-state index contributed by atoms with van der Waals surface area (Å²) in [4.78, 5) is 22.5. The molecule has 6 heteroatoms. The zero-order valence-corrected chi connectivity index (χ0v) is 13.5. The first-order valence-corrected chi connectivity index (χ1v) is 7.24. The highest BCUT2D eigenvalue weighted by molar-refractivity contribution is 5.91. The van der Waals surface area contributed by atoms with Crippen molar-refractivity contribution in [3.63, 3.8) is 0 Å². The van der Waals surface area contributed by atoms with Crippen LogP contribution in [0, 0.1) is 6.92 Å². The van der Waals surface area contributed by atoms with Crippen LogP contribution in [0.25, 0.3) is 0 Å². The van der Waals surface area contributed by atoms with Gasteiger partial charge in [0.2, 0.25) is 0 Å². The van der Waals surface area contributed by atoms with E-state index in [0.29, 0.717) is 25.1 Å². The van der Waals surface area contributed by atoms with E-state index in [9.17, 15) is 9.59 Å². The largest absolute Gasteiger partial charge is 0.478 e. The maximum Gasteiger partial charge on any atom is 0.407 e. The predicted octanol–water partition coefficient (Wildman–Crippen LogP) is 3.02. The van der Waals surface area contributed by atoms with Crippen LogP contribution in [0.4, 0.5) is 10.5 Å². The molecule has 0 unspecified atom stereocenters. The molecule has 6 nitrogen and oxygen atoms in total. The number of alkyl carbamates (subject to hydrolysis) is 1. The Morgan fingerprint density at radius 2 is 1.91 bits per heavy atom. The molecule has 0 aromatic heterocycles. The van der Waals surface area contributed by atoms with Crippen LogP contribution in [-0.2, 0) is 4.74 Å². The molecule has 0 bridgehead atoms. The van der Waals surface area contributed by atoms with Gasteiger partial charge >= 0.3 is 12.1 Å². The quantitative estimate of drug-likeness (QED) is 0.703. The lowest BCUT2D eigenvalue weighted by molar-refractivity contribution is 0.0527. The molecule has 0 aliphatic carbocycles. The molecule has 1 amide bonds. The number of rotatable bonds is 6. The summed E-state index contributed by atoms with van der Waals surface area (Å²) in [6, 6.07) is 5.12. The lowest BCUT2D eigenvalue weighted by Crippen LogP contribution is -2.33. The van der Waals surface area contributed by atoms with Crippen molar-refractivity contribution < 1.29 is 19.4 Å². The Morgan fingerprint density at radius 1 is 1.23 bits per heavy atom. The maximum atomic E-state index is 11.4. The highest BCUT2D eigenvalue weighted by atomic mass is 16.6. The van der Waals surface area contributed by atoms with Crippen molar-refractivity contribution in [3.8, 4) is 0 Å². The summed E-state index contributed by atoms with van der Waals surface area (Å²) in [7, 11) is 0. The Hall–Kier alpha value is -2.24. The molecule has 0 saturated carbocycles. The van der Waals surface area contributed by atoms with Crippen LogP contribution in [0.5, 0.6) is 0 Å². The first kappa shape index (κ1) is 17.8. The third kappa shape index (κ3) is 6.03. The normalized spacial score (nSPS) is 10.9. The minimum Gasteiger partial charge on any atom is -0.478 e. The fourth-order valence-corrected chi connectivity index (χ4v) is 1.87. The van der Waals surface area contributed by atoms with Gasteiger partial charge in [0.1, 0.15) is 5.60 Å². The fraction of sp³-hybridized carbons (Fsp3) is 0.500. The number of ether oxygens (including phenoxy) is 1. The van der Waals surface area contributed by atoms with Crippen molar-refractivity contribution in [2.45, 2.75) is 39.7 Å². The van der Waals surface area contributed by atoms with E-state index in [1.54, 1.807) is 19.1 Å². The minimum atomic E-state index is -0.937. The van der Waals surface area contributed by atoms with Crippen LogP contribution < -0.4 is 10.6 Å². The number of anilines is 1. The highest BCUT2D eigenvalue weighted by Gasteiger charge is 2.15. The van der Waals surface area contributed by atoms with Gasteiger partial charge in [-0.05, 0) is 51.8 Å². The summed E-state index contributed by atoms with van der Waals surface area (Å²) in [5.41, 5.74) is 1.28. The molecule has 3 N–H and O–H groups in total. The number of carbonyl (C=O) groups excluding carboxylic acids is 1. The molecular formula is C16H24N2O4. The van der Waals surface area contributed by atoms with Crippen molar-refractivity contribution in [1.29, 1.82) is 0 Å². The van der Waals surface area contributed by atoms with Crippen molar-refractivity contribution in [2.24, 2.45) is 0 Å². The summed E-state index contributed by atoms with van der Waals surface area (Å²) < 4.78 is 5.13. The number of amides is 1. The fourth-order valence-electron chi connectivity index (χ4n) is 1.87. The molecule has 0 spiro atoms. The predicted molar refractivity (Wildman–Crippen MR) is 85.5 cm³/mol. The Balaban J connectivity index is 2.35. The second-order valence-corrected chi connectivity index (χ2v) is 5.99. The Labute approximate surface area is 130 Å². The zero-order chi connectivity index (χ0) is 16.8. The number of carboxylic acid groups (broad SMARTS) is 1. The SMILES string of the molecule is Cc1c(NCCCNC(=O)OC(C)(C)C)cccc1C(=O)O.